The summed E-state index contributed by atoms with van der Waals surface area (Å²) in [6.45, 7) is 4.10. The zero-order valence-corrected chi connectivity index (χ0v) is 9.33. The number of hydrogen-bond donors (Lipinski definition) is 2. The molecule has 5 nitrogen and oxygen atoms in total. The number of rotatable bonds is 4. The Morgan fingerprint density at radius 3 is 2.57 bits per heavy atom. The quantitative estimate of drug-likeness (QED) is 0.750. The van der Waals surface area contributed by atoms with E-state index in [0.717, 1.165) is 24.6 Å². The van der Waals surface area contributed by atoms with E-state index < -0.39 is 5.54 Å². The molecule has 1 unspecified atom stereocenters. The molecule has 0 aliphatic heterocycles. The molecular formula is C9H19N5. The van der Waals surface area contributed by atoms with Crippen molar-refractivity contribution in [3.05, 3.63) is 5.82 Å². The lowest BCUT2D eigenvalue weighted by Gasteiger charge is -2.22. The van der Waals surface area contributed by atoms with Crippen LogP contribution in [-0.2, 0) is 12.6 Å². The highest BCUT2D eigenvalue weighted by Crippen LogP contribution is 2.22. The highest BCUT2D eigenvalue weighted by atomic mass is 15.3. The first-order valence-corrected chi connectivity index (χ1v) is 4.89. The molecule has 0 amide bonds. The molecule has 0 radical (unpaired) electrons. The third-order valence-electron chi connectivity index (χ3n) is 2.38. The molecule has 0 spiro atoms. The molecule has 1 atom stereocenters. The van der Waals surface area contributed by atoms with Crippen molar-refractivity contribution in [2.24, 2.45) is 12.8 Å². The summed E-state index contributed by atoms with van der Waals surface area (Å²) in [5, 5.41) is 11.1. The Morgan fingerprint density at radius 2 is 2.14 bits per heavy atom. The summed E-state index contributed by atoms with van der Waals surface area (Å²) in [6.07, 6.45) is 1.94. The molecule has 0 fully saturated rings. The van der Waals surface area contributed by atoms with Crippen LogP contribution < -0.4 is 11.1 Å². The van der Waals surface area contributed by atoms with Crippen LogP contribution in [-0.4, -0.2) is 21.8 Å². The average Bonchev–Trinajstić information content (AvgIpc) is 2.47. The van der Waals surface area contributed by atoms with Gasteiger partial charge < -0.3 is 11.1 Å². The lowest BCUT2D eigenvalue weighted by Crippen LogP contribution is -2.35. The molecular weight excluding hydrogens is 178 g/mol. The molecule has 0 aliphatic rings. The fourth-order valence-corrected chi connectivity index (χ4v) is 1.68. The maximum atomic E-state index is 6.17. The van der Waals surface area contributed by atoms with E-state index in [-0.39, 0.29) is 0 Å². The van der Waals surface area contributed by atoms with E-state index in [1.165, 1.54) is 0 Å². The molecule has 0 aromatic carbocycles. The van der Waals surface area contributed by atoms with E-state index in [2.05, 4.69) is 22.4 Å². The van der Waals surface area contributed by atoms with Gasteiger partial charge in [0.15, 0.2) is 5.82 Å². The Labute approximate surface area is 84.7 Å². The summed E-state index contributed by atoms with van der Waals surface area (Å²) >= 11 is 0. The zero-order chi connectivity index (χ0) is 10.8. The van der Waals surface area contributed by atoms with Crippen LogP contribution >= 0.6 is 0 Å². The Hall–Kier alpha value is -1.10. The van der Waals surface area contributed by atoms with E-state index in [1.807, 2.05) is 25.6 Å². The van der Waals surface area contributed by atoms with Crippen LogP contribution in [0.2, 0.25) is 0 Å². The van der Waals surface area contributed by atoms with E-state index >= 15 is 0 Å². The van der Waals surface area contributed by atoms with Crippen molar-refractivity contribution in [2.75, 3.05) is 12.4 Å². The molecule has 3 N–H and O–H groups in total. The first-order valence-electron chi connectivity index (χ1n) is 4.89. The van der Waals surface area contributed by atoms with Gasteiger partial charge in [-0.05, 0) is 13.3 Å². The largest absolute Gasteiger partial charge is 0.357 e. The van der Waals surface area contributed by atoms with Crippen molar-refractivity contribution in [1.29, 1.82) is 0 Å². The lowest BCUT2D eigenvalue weighted by molar-refractivity contribution is 0.407. The molecule has 0 aliphatic carbocycles. The maximum absolute atomic E-state index is 6.17. The van der Waals surface area contributed by atoms with Crippen molar-refractivity contribution >= 4 is 5.95 Å². The van der Waals surface area contributed by atoms with Gasteiger partial charge in [-0.1, -0.05) is 13.3 Å². The van der Waals surface area contributed by atoms with Crippen LogP contribution in [0.4, 0.5) is 5.95 Å². The topological polar surface area (TPSA) is 68.8 Å². The summed E-state index contributed by atoms with van der Waals surface area (Å²) in [7, 11) is 3.74. The number of anilines is 1. The summed E-state index contributed by atoms with van der Waals surface area (Å²) < 4.78 is 1.90. The summed E-state index contributed by atoms with van der Waals surface area (Å²) in [5.74, 6) is 1.57. The summed E-state index contributed by atoms with van der Waals surface area (Å²) in [5.41, 5.74) is 5.77. The average molecular weight is 197 g/mol. The minimum absolute atomic E-state index is 0.397. The van der Waals surface area contributed by atoms with Crippen LogP contribution in [0.3, 0.4) is 0 Å². The smallest absolute Gasteiger partial charge is 0.224 e. The Balaban J connectivity index is 3.00. The highest BCUT2D eigenvalue weighted by Gasteiger charge is 2.26. The number of nitrogens with zero attached hydrogens (tertiary/aromatic N) is 3. The van der Waals surface area contributed by atoms with Crippen LogP contribution in [0.1, 0.15) is 32.5 Å². The molecule has 0 saturated carbocycles. The fourth-order valence-electron chi connectivity index (χ4n) is 1.68. The van der Waals surface area contributed by atoms with Gasteiger partial charge in [-0.3, -0.25) is 4.57 Å². The molecule has 80 valence electrons. The molecule has 14 heavy (non-hydrogen) atoms. The predicted octanol–water partition coefficient (Wildman–Crippen LogP) is 0.831. The molecule has 0 saturated heterocycles. The third kappa shape index (κ3) is 1.87. The van der Waals surface area contributed by atoms with Crippen molar-refractivity contribution in [1.82, 2.24) is 14.8 Å². The van der Waals surface area contributed by atoms with Gasteiger partial charge in [-0.25, -0.2) is 0 Å². The normalized spacial score (nSPS) is 15.2. The Morgan fingerprint density at radius 1 is 1.50 bits per heavy atom. The zero-order valence-electron chi connectivity index (χ0n) is 9.33. The van der Waals surface area contributed by atoms with Crippen molar-refractivity contribution in [2.45, 2.75) is 32.2 Å². The molecule has 1 heterocycles. The summed E-state index contributed by atoms with van der Waals surface area (Å²) in [6, 6.07) is 0. The fraction of sp³-hybridized carbons (Fsp3) is 0.778. The van der Waals surface area contributed by atoms with Crippen LogP contribution in [0, 0.1) is 0 Å². The van der Waals surface area contributed by atoms with Gasteiger partial charge in [0.25, 0.3) is 0 Å². The van der Waals surface area contributed by atoms with Crippen molar-refractivity contribution < 1.29 is 0 Å². The van der Waals surface area contributed by atoms with E-state index in [4.69, 9.17) is 5.73 Å². The van der Waals surface area contributed by atoms with Gasteiger partial charge in [-0.15, -0.1) is 10.2 Å². The van der Waals surface area contributed by atoms with Gasteiger partial charge in [0.2, 0.25) is 5.95 Å². The van der Waals surface area contributed by atoms with E-state index in [9.17, 15) is 0 Å². The number of nitrogens with two attached hydrogens (primary N) is 1. The third-order valence-corrected chi connectivity index (χ3v) is 2.38. The van der Waals surface area contributed by atoms with Gasteiger partial charge in [0.1, 0.15) is 0 Å². The second-order valence-corrected chi connectivity index (χ2v) is 3.82. The second kappa shape index (κ2) is 3.96. The standard InChI is InChI=1S/C9H19N5/c1-5-6-9(2,10)7-12-13-8(11-3)14(7)4/h5-6,10H2,1-4H3,(H,11,13). The maximum Gasteiger partial charge on any atom is 0.224 e. The van der Waals surface area contributed by atoms with Gasteiger partial charge >= 0.3 is 0 Å². The number of nitrogens with one attached hydrogen (secondary N) is 1. The molecule has 0 bridgehead atoms. The SMILES string of the molecule is CCCC(C)(N)c1nnc(NC)n1C. The van der Waals surface area contributed by atoms with E-state index in [0.29, 0.717) is 0 Å². The Bertz CT molecular complexity index is 302. The van der Waals surface area contributed by atoms with Gasteiger partial charge in [-0.2, -0.15) is 0 Å². The van der Waals surface area contributed by atoms with Gasteiger partial charge in [0.05, 0.1) is 5.54 Å². The molecule has 5 heteroatoms. The van der Waals surface area contributed by atoms with Crippen molar-refractivity contribution in [3.63, 3.8) is 0 Å². The molecule has 1 aromatic heterocycles. The first-order chi connectivity index (χ1) is 6.53. The van der Waals surface area contributed by atoms with Gasteiger partial charge in [0, 0.05) is 14.1 Å². The van der Waals surface area contributed by atoms with E-state index in [1.54, 1.807) is 0 Å². The van der Waals surface area contributed by atoms with Crippen LogP contribution in [0.5, 0.6) is 0 Å². The lowest BCUT2D eigenvalue weighted by atomic mass is 9.97. The molecule has 1 rings (SSSR count). The van der Waals surface area contributed by atoms with Crippen LogP contribution in [0.15, 0.2) is 0 Å². The van der Waals surface area contributed by atoms with Crippen LogP contribution in [0.25, 0.3) is 0 Å². The second-order valence-electron chi connectivity index (χ2n) is 3.82. The highest BCUT2D eigenvalue weighted by molar-refractivity contribution is 5.25. The minimum atomic E-state index is -0.397. The first kappa shape index (κ1) is 11.0. The summed E-state index contributed by atoms with van der Waals surface area (Å²) in [4.78, 5) is 0. The molecule has 1 aromatic rings. The predicted molar refractivity (Wildman–Crippen MR) is 57.0 cm³/mol. The number of aromatic nitrogens is 3. The van der Waals surface area contributed by atoms with Crippen molar-refractivity contribution in [3.8, 4) is 0 Å². The monoisotopic (exact) mass is 197 g/mol. The number of hydrogen-bond acceptors (Lipinski definition) is 4. The minimum Gasteiger partial charge on any atom is -0.357 e. The Kier molecular flexibility index (Phi) is 3.10.